The average molecular weight is 1590 g/mol. The second kappa shape index (κ2) is 44.6. The third-order valence-electron chi connectivity index (χ3n) is 16.1. The van der Waals surface area contributed by atoms with Gasteiger partial charge in [-0.15, -0.1) is 0 Å². The summed E-state index contributed by atoms with van der Waals surface area (Å²) in [5, 5.41) is 0. The molecule has 24 nitrogen and oxygen atoms in total. The number of fused-ring (bicyclic) bond motifs is 12. The molecule has 0 heterocycles. The van der Waals surface area contributed by atoms with Crippen molar-refractivity contribution >= 4 is 62.4 Å². The largest absolute Gasteiger partial charge is 1.00 e. The maximum absolute atomic E-state index is 13.1. The minimum absolute atomic E-state index is 0. The van der Waals surface area contributed by atoms with Crippen LogP contribution in [-0.2, 0) is 139 Å². The smallest absolute Gasteiger partial charge is 0.716 e. The van der Waals surface area contributed by atoms with Gasteiger partial charge >= 0.3 is 177 Å². The molecule has 7 rings (SSSR count). The zero-order valence-corrected chi connectivity index (χ0v) is 77.0. The third-order valence-corrected chi connectivity index (χ3v) is 18.4. The van der Waals surface area contributed by atoms with Crippen LogP contribution in [-0.4, -0.2) is 77.8 Å². The van der Waals surface area contributed by atoms with Gasteiger partial charge in [0.1, 0.15) is 34.5 Å². The van der Waals surface area contributed by atoms with Gasteiger partial charge in [0.2, 0.25) is 0 Å². The Labute approximate surface area is 735 Å². The Bertz CT molecular complexity index is 3660. The Morgan fingerprint density at radius 2 is 0.324 bits per heavy atom. The number of rotatable bonds is 30. The summed E-state index contributed by atoms with van der Waals surface area (Å²) in [6, 6.07) is 17.7. The number of aryl methyl sites for hydroxylation is 6. The molecule has 0 saturated heterocycles. The molecule has 0 unspecified atom stereocenters. The summed E-state index contributed by atoms with van der Waals surface area (Å²) in [4.78, 5) is 0. The molecule has 6 aromatic rings. The molecule has 0 fully saturated rings. The predicted molar refractivity (Wildman–Crippen MR) is 349 cm³/mol. The van der Waals surface area contributed by atoms with E-state index in [0.29, 0.717) is 110 Å². The number of hydrogen-bond acceptors (Lipinski definition) is 24. The minimum atomic E-state index is -5.80. The Hall–Kier alpha value is -0.420. The van der Waals surface area contributed by atoms with Gasteiger partial charge < -0.3 is 52.4 Å². The molecule has 0 radical (unpaired) electrons. The van der Waals surface area contributed by atoms with Crippen LogP contribution < -0.4 is 202 Å². The van der Waals surface area contributed by atoms with Crippen molar-refractivity contribution in [2.75, 3.05) is 0 Å². The van der Waals surface area contributed by atoms with E-state index >= 15 is 0 Å². The standard InChI is InChI=1S/C66H84O24S6.6Na/c1-7-13-19-43-25-49-37-51-27-44(20-14-8-2)29-53(62(51)86-92(70,71)72)39-55-31-46(22-16-10-4)33-57(64(55)88-94(76,77)78)41-59-35-48(24-18-12-6)36-60(66(59)90-96(82,83)84)42-58-34-47(23-17-11-5)32-56(65(58)89-95(79,80)81)40-54-30-45(21-15-9-3)28-52(63(54)87-93(73,74)75)38-50(26-43)61(49)85-91(67,68)69;;;;;;/h25-36H,7-24,37-42H2,1-6H3,(H,67,68,69)(H,70,71,72)(H,73,74,75)(H,76,77,78)(H,79,80,81)(H,82,83,84);;;;;;/q;6*+1/p-6. The van der Waals surface area contributed by atoms with E-state index in [4.69, 9.17) is 25.1 Å². The van der Waals surface area contributed by atoms with Crippen LogP contribution in [0, 0.1) is 0 Å². The summed E-state index contributed by atoms with van der Waals surface area (Å²) in [6.45, 7) is 11.3. The summed E-state index contributed by atoms with van der Waals surface area (Å²) < 4.78 is 269. The van der Waals surface area contributed by atoms with Gasteiger partial charge in [-0.1, -0.05) is 153 Å². The first-order chi connectivity index (χ1) is 45.0. The minimum Gasteiger partial charge on any atom is -0.716 e. The van der Waals surface area contributed by atoms with Crippen LogP contribution in [0.5, 0.6) is 34.5 Å². The fraction of sp³-hybridized carbons (Fsp3) is 0.455. The van der Waals surface area contributed by atoms with E-state index in [0.717, 1.165) is 0 Å². The Kier molecular flexibility index (Phi) is 43.5. The summed E-state index contributed by atoms with van der Waals surface area (Å²) in [5.74, 6) is -3.94. The van der Waals surface area contributed by atoms with Crippen LogP contribution >= 0.6 is 0 Å². The monoisotopic (exact) mass is 1580 g/mol. The zero-order valence-electron chi connectivity index (χ0n) is 60.1. The van der Waals surface area contributed by atoms with Gasteiger partial charge in [0, 0.05) is 105 Å². The first kappa shape index (κ1) is 99.6. The van der Waals surface area contributed by atoms with Gasteiger partial charge in [-0.05, 0) is 110 Å². The summed E-state index contributed by atoms with van der Waals surface area (Å²) in [5.41, 5.74) is 1.10. The van der Waals surface area contributed by atoms with E-state index in [2.05, 4.69) is 0 Å². The molecule has 0 atom stereocenters. The maximum atomic E-state index is 13.1. The van der Waals surface area contributed by atoms with Crippen LogP contribution in [0.25, 0.3) is 0 Å². The van der Waals surface area contributed by atoms with Crippen molar-refractivity contribution in [3.63, 3.8) is 0 Å². The van der Waals surface area contributed by atoms with E-state index in [9.17, 15) is 77.8 Å². The van der Waals surface area contributed by atoms with Crippen molar-refractivity contribution < 1.29 is 280 Å². The van der Waals surface area contributed by atoms with Gasteiger partial charge in [0.25, 0.3) is 62.4 Å². The Morgan fingerprint density at radius 1 is 0.225 bits per heavy atom. The molecular weight excluding hydrogens is 1510 g/mol. The van der Waals surface area contributed by atoms with Crippen LogP contribution in [0.15, 0.2) is 72.8 Å². The molecule has 0 amide bonds. The zero-order chi connectivity index (χ0) is 70.6. The quantitative estimate of drug-likeness (QED) is 0.0229. The number of hydrogen-bond donors (Lipinski definition) is 0. The average Bonchev–Trinajstić information content (AvgIpc) is 0.778. The first-order valence-electron chi connectivity index (χ1n) is 31.8. The van der Waals surface area contributed by atoms with Crippen LogP contribution in [0.2, 0.25) is 0 Å². The van der Waals surface area contributed by atoms with E-state index in [-0.39, 0.29) is 283 Å². The van der Waals surface area contributed by atoms with E-state index < -0.39 is 135 Å². The molecule has 528 valence electrons. The van der Waals surface area contributed by atoms with Crippen molar-refractivity contribution in [2.45, 2.75) is 196 Å². The topological polar surface area (TPSA) is 399 Å². The molecule has 1 aliphatic rings. The summed E-state index contributed by atoms with van der Waals surface area (Å²) in [6.07, 6.45) is 4.51. The van der Waals surface area contributed by atoms with Crippen molar-refractivity contribution in [1.29, 1.82) is 0 Å². The van der Waals surface area contributed by atoms with Crippen molar-refractivity contribution in [3.05, 3.63) is 173 Å². The second-order valence-electron chi connectivity index (χ2n) is 24.1. The molecular formula is C66H78Na6O24S6. The van der Waals surface area contributed by atoms with Crippen molar-refractivity contribution in [1.82, 2.24) is 0 Å². The first-order valence-corrected chi connectivity index (χ1v) is 39.8. The molecule has 12 bridgehead atoms. The molecule has 0 N–H and O–H groups in total. The van der Waals surface area contributed by atoms with E-state index in [1.165, 1.54) is 72.8 Å². The third kappa shape index (κ3) is 32.1. The summed E-state index contributed by atoms with van der Waals surface area (Å²) >= 11 is 0. The molecule has 102 heavy (non-hydrogen) atoms. The fourth-order valence-electron chi connectivity index (χ4n) is 12.2. The van der Waals surface area contributed by atoms with Crippen LogP contribution in [0.1, 0.15) is 219 Å². The maximum Gasteiger partial charge on any atom is 1.00 e. The normalized spacial score (nSPS) is 12.6. The van der Waals surface area contributed by atoms with Crippen LogP contribution in [0.4, 0.5) is 0 Å². The van der Waals surface area contributed by atoms with Gasteiger partial charge in [-0.3, -0.25) is 0 Å². The molecule has 0 spiro atoms. The fourth-order valence-corrected chi connectivity index (χ4v) is 14.7. The molecule has 0 aromatic heterocycles. The van der Waals surface area contributed by atoms with Gasteiger partial charge in [-0.25, -0.2) is 50.5 Å². The molecule has 0 saturated carbocycles. The van der Waals surface area contributed by atoms with Gasteiger partial charge in [-0.2, -0.15) is 0 Å². The molecule has 1 aliphatic carbocycles. The van der Waals surface area contributed by atoms with Gasteiger partial charge in [0.05, 0.1) is 0 Å². The number of benzene rings is 6. The van der Waals surface area contributed by atoms with Crippen molar-refractivity contribution in [3.8, 4) is 34.5 Å². The Balaban J connectivity index is 0.00000867. The van der Waals surface area contributed by atoms with Crippen LogP contribution in [0.3, 0.4) is 0 Å². The van der Waals surface area contributed by atoms with E-state index in [1.54, 1.807) is 0 Å². The molecule has 0 aliphatic heterocycles. The molecule has 36 heteroatoms. The molecule has 6 aromatic carbocycles. The van der Waals surface area contributed by atoms with E-state index in [1.807, 2.05) is 41.5 Å². The number of unbranched alkanes of at least 4 members (excludes halogenated alkanes) is 6. The Morgan fingerprint density at radius 3 is 0.402 bits per heavy atom. The predicted octanol–water partition coefficient (Wildman–Crippen LogP) is -7.34. The van der Waals surface area contributed by atoms with Gasteiger partial charge in [0.15, 0.2) is 0 Å². The second-order valence-corrected chi connectivity index (χ2v) is 30.0. The van der Waals surface area contributed by atoms with Crippen molar-refractivity contribution in [2.24, 2.45) is 0 Å². The SMILES string of the molecule is CCCCc1cc2c(OS(=O)(=O)[O-])c(c1)Cc1cc(CCCC)cc(c1OS(=O)(=O)[O-])Cc1cc(CCCC)cc(c1OS(=O)(=O)[O-])Cc1cc(CCCC)cc(c1OS(=O)(=O)[O-])Cc1cc(CCCC)cc(c1OS(=O)(=O)[O-])Cc1cc(CCCC)cc(c1OS(=O)(=O)[O-])C2.[Na+].[Na+].[Na+].[Na+].[Na+].[Na+]. The summed E-state index contributed by atoms with van der Waals surface area (Å²) in [7, 11) is -34.8.